The number of aromatic amines is 1. The second-order valence-corrected chi connectivity index (χ2v) is 13.6. The Labute approximate surface area is 270 Å². The van der Waals surface area contributed by atoms with Gasteiger partial charge in [-0.2, -0.15) is 10.2 Å². The van der Waals surface area contributed by atoms with E-state index in [2.05, 4.69) is 45.5 Å². The fraction of sp³-hybridized carbons (Fsp3) is 0.606. The van der Waals surface area contributed by atoms with E-state index in [-0.39, 0.29) is 17.4 Å². The number of carbonyl (C=O) groups excluding carboxylic acids is 1. The molecule has 1 amide bonds. The summed E-state index contributed by atoms with van der Waals surface area (Å²) < 4.78 is 13.5. The number of carbonyl (C=O) groups is 1. The SMILES string of the molecule is C=CC(=O)N1CCC(n2nc(NCCN(C[C@@]3(C)C[C@H]3OC)C3CCOCC3)c(-c3c(Cl)c(C)cc4[nH]nc(N)c34)c2C)CC1. The largest absolute Gasteiger partial charge is 0.382 e. The molecule has 4 N–H and O–H groups in total. The highest BCUT2D eigenvalue weighted by atomic mass is 35.5. The molecule has 0 bridgehead atoms. The number of nitrogens with two attached hydrogens (primary N) is 1. The van der Waals surface area contributed by atoms with Crippen LogP contribution in [0.4, 0.5) is 11.6 Å². The predicted octanol–water partition coefficient (Wildman–Crippen LogP) is 4.95. The minimum atomic E-state index is -0.0241. The second-order valence-electron chi connectivity index (χ2n) is 13.3. The van der Waals surface area contributed by atoms with Crippen molar-refractivity contribution >= 4 is 40.0 Å². The number of halogens is 1. The standard InChI is InChI=1S/C33H47ClN8O3/c1-6-26(43)40-12-7-23(8-13-40)42-21(3)27(29-28-24(37-38-31(28)35)17-20(2)30(29)34)32(39-42)36-11-14-41(22-9-15-45-16-10-22)19-33(4)18-25(33)44-5/h6,17,22-23,25H,1,7-16,18-19H2,2-5H3,(H,36,39)(H3,35,37,38)/t25-,33-/m1/s1. The first-order chi connectivity index (χ1) is 21.6. The molecular formula is C33H47ClN8O3. The third-order valence-electron chi connectivity index (χ3n) is 10.2. The molecule has 0 radical (unpaired) electrons. The molecule has 4 heterocycles. The number of fused-ring (bicyclic) bond motifs is 1. The van der Waals surface area contributed by atoms with Crippen LogP contribution in [-0.4, -0.2) is 101 Å². The average molecular weight is 639 g/mol. The molecule has 1 aliphatic carbocycles. The summed E-state index contributed by atoms with van der Waals surface area (Å²) >= 11 is 7.09. The van der Waals surface area contributed by atoms with E-state index < -0.39 is 0 Å². The van der Waals surface area contributed by atoms with Gasteiger partial charge in [-0.15, -0.1) is 0 Å². The lowest BCUT2D eigenvalue weighted by Crippen LogP contribution is -2.45. The van der Waals surface area contributed by atoms with Gasteiger partial charge < -0.3 is 25.4 Å². The van der Waals surface area contributed by atoms with Crippen molar-refractivity contribution in [2.45, 2.75) is 71.1 Å². The lowest BCUT2D eigenvalue weighted by molar-refractivity contribution is -0.127. The van der Waals surface area contributed by atoms with Crippen LogP contribution in [0.2, 0.25) is 5.02 Å². The summed E-state index contributed by atoms with van der Waals surface area (Å²) in [5.41, 5.74) is 11.2. The van der Waals surface area contributed by atoms with Crippen molar-refractivity contribution in [1.29, 1.82) is 0 Å². The molecule has 0 unspecified atom stereocenters. The molecule has 2 saturated heterocycles. The molecule has 0 spiro atoms. The van der Waals surface area contributed by atoms with Crippen LogP contribution in [0.1, 0.15) is 56.3 Å². The van der Waals surface area contributed by atoms with E-state index in [0.29, 0.717) is 42.6 Å². The number of ether oxygens (including phenoxy) is 2. The number of H-pyrrole nitrogens is 1. The Morgan fingerprint density at radius 1 is 1.29 bits per heavy atom. The minimum absolute atomic E-state index is 0.0241. The van der Waals surface area contributed by atoms with Crippen LogP contribution >= 0.6 is 11.6 Å². The number of amides is 1. The van der Waals surface area contributed by atoms with Gasteiger partial charge >= 0.3 is 0 Å². The van der Waals surface area contributed by atoms with E-state index in [1.807, 2.05) is 25.0 Å². The third kappa shape index (κ3) is 6.19. The molecule has 11 nitrogen and oxygen atoms in total. The highest BCUT2D eigenvalue weighted by Crippen LogP contribution is 2.49. The van der Waals surface area contributed by atoms with Gasteiger partial charge in [-0.3, -0.25) is 19.5 Å². The number of likely N-dealkylation sites (tertiary alicyclic amines) is 1. The number of nitrogens with zero attached hydrogens (tertiary/aromatic N) is 5. The predicted molar refractivity (Wildman–Crippen MR) is 179 cm³/mol. The van der Waals surface area contributed by atoms with Gasteiger partial charge in [0.05, 0.1) is 28.1 Å². The van der Waals surface area contributed by atoms with E-state index in [4.69, 9.17) is 31.9 Å². The molecule has 2 aliphatic heterocycles. The summed E-state index contributed by atoms with van der Waals surface area (Å²) in [7, 11) is 1.82. The zero-order chi connectivity index (χ0) is 31.9. The quantitative estimate of drug-likeness (QED) is 0.252. The van der Waals surface area contributed by atoms with Crippen molar-refractivity contribution in [3.8, 4) is 11.1 Å². The fourth-order valence-corrected chi connectivity index (χ4v) is 7.68. The van der Waals surface area contributed by atoms with E-state index in [1.165, 1.54) is 6.08 Å². The molecule has 12 heteroatoms. The van der Waals surface area contributed by atoms with Crippen LogP contribution in [-0.2, 0) is 14.3 Å². The number of aryl methyl sites for hydroxylation is 1. The maximum Gasteiger partial charge on any atom is 0.245 e. The van der Waals surface area contributed by atoms with Gasteiger partial charge in [0, 0.05) is 81.3 Å². The maximum atomic E-state index is 12.3. The first kappa shape index (κ1) is 31.8. The molecule has 6 rings (SSSR count). The first-order valence-electron chi connectivity index (χ1n) is 16.2. The summed E-state index contributed by atoms with van der Waals surface area (Å²) in [6.45, 7) is 15.6. The highest BCUT2D eigenvalue weighted by Gasteiger charge is 2.52. The van der Waals surface area contributed by atoms with Crippen LogP contribution in [0.25, 0.3) is 22.0 Å². The minimum Gasteiger partial charge on any atom is -0.382 e. The Hall–Kier alpha value is -3.12. The molecule has 3 fully saturated rings. The van der Waals surface area contributed by atoms with E-state index >= 15 is 0 Å². The lowest BCUT2D eigenvalue weighted by Gasteiger charge is -2.36. The molecule has 2 atom stereocenters. The molecule has 2 aromatic heterocycles. The first-order valence-corrected chi connectivity index (χ1v) is 16.5. The molecule has 1 saturated carbocycles. The Bertz CT molecular complexity index is 1550. The van der Waals surface area contributed by atoms with Crippen molar-refractivity contribution < 1.29 is 14.3 Å². The summed E-state index contributed by atoms with van der Waals surface area (Å²) in [4.78, 5) is 16.7. The summed E-state index contributed by atoms with van der Waals surface area (Å²) in [5.74, 6) is 1.17. The fourth-order valence-electron chi connectivity index (χ4n) is 7.44. The number of aromatic nitrogens is 4. The Balaban J connectivity index is 1.32. The van der Waals surface area contributed by atoms with Crippen LogP contribution in [0.3, 0.4) is 0 Å². The number of nitrogen functional groups attached to an aromatic ring is 1. The monoisotopic (exact) mass is 638 g/mol. The normalized spacial score (nSPS) is 22.8. The van der Waals surface area contributed by atoms with Crippen LogP contribution in [0.15, 0.2) is 18.7 Å². The summed E-state index contributed by atoms with van der Waals surface area (Å²) in [6, 6.07) is 2.61. The number of anilines is 2. The molecular weight excluding hydrogens is 592 g/mol. The van der Waals surface area contributed by atoms with Crippen molar-refractivity contribution in [1.82, 2.24) is 29.8 Å². The smallest absolute Gasteiger partial charge is 0.245 e. The molecule has 1 aromatic carbocycles. The van der Waals surface area contributed by atoms with E-state index in [9.17, 15) is 4.79 Å². The van der Waals surface area contributed by atoms with Gasteiger partial charge in [-0.25, -0.2) is 0 Å². The lowest BCUT2D eigenvalue weighted by atomic mass is 9.97. The molecule has 3 aliphatic rings. The topological polar surface area (TPSA) is 127 Å². The number of hydrogen-bond acceptors (Lipinski definition) is 8. The van der Waals surface area contributed by atoms with E-state index in [1.54, 1.807) is 0 Å². The Morgan fingerprint density at radius 3 is 2.69 bits per heavy atom. The number of nitrogens with one attached hydrogen (secondary N) is 2. The van der Waals surface area contributed by atoms with Gasteiger partial charge in [0.15, 0.2) is 11.6 Å². The third-order valence-corrected chi connectivity index (χ3v) is 10.7. The second kappa shape index (κ2) is 12.9. The van der Waals surface area contributed by atoms with Gasteiger partial charge in [-0.05, 0) is 63.7 Å². The highest BCUT2D eigenvalue weighted by molar-refractivity contribution is 6.36. The van der Waals surface area contributed by atoms with Crippen LogP contribution < -0.4 is 11.1 Å². The van der Waals surface area contributed by atoms with Crippen molar-refractivity contribution in [2.24, 2.45) is 5.41 Å². The number of methoxy groups -OCH3 is 1. The van der Waals surface area contributed by atoms with Crippen molar-refractivity contribution in [3.63, 3.8) is 0 Å². The van der Waals surface area contributed by atoms with Gasteiger partial charge in [0.2, 0.25) is 5.91 Å². The van der Waals surface area contributed by atoms with Crippen molar-refractivity contribution in [2.75, 3.05) is 64.1 Å². The summed E-state index contributed by atoms with van der Waals surface area (Å²) in [5, 5.41) is 17.8. The van der Waals surface area contributed by atoms with Crippen LogP contribution in [0.5, 0.6) is 0 Å². The van der Waals surface area contributed by atoms with Crippen LogP contribution in [0, 0.1) is 19.3 Å². The number of benzene rings is 1. The van der Waals surface area contributed by atoms with Crippen molar-refractivity contribution in [3.05, 3.63) is 35.0 Å². The van der Waals surface area contributed by atoms with E-state index in [0.717, 1.165) is 97.5 Å². The maximum absolute atomic E-state index is 12.3. The molecule has 45 heavy (non-hydrogen) atoms. The number of rotatable bonds is 11. The molecule has 244 valence electrons. The Morgan fingerprint density at radius 2 is 2.02 bits per heavy atom. The van der Waals surface area contributed by atoms with Gasteiger partial charge in [-0.1, -0.05) is 25.1 Å². The zero-order valence-electron chi connectivity index (χ0n) is 27.0. The van der Waals surface area contributed by atoms with Gasteiger partial charge in [0.25, 0.3) is 0 Å². The number of piperidine rings is 1. The summed E-state index contributed by atoms with van der Waals surface area (Å²) in [6.07, 6.45) is 6.49. The number of hydrogen-bond donors (Lipinski definition) is 3. The average Bonchev–Trinajstić information content (AvgIpc) is 3.40. The Kier molecular flexibility index (Phi) is 9.16. The van der Waals surface area contributed by atoms with Gasteiger partial charge in [0.1, 0.15) is 0 Å². The zero-order valence-corrected chi connectivity index (χ0v) is 27.8. The molecule has 3 aromatic rings.